The van der Waals surface area contributed by atoms with Crippen LogP contribution in [0.25, 0.3) is 22.2 Å². The number of nitrogens with zero attached hydrogens (tertiary/aromatic N) is 5. The number of aromatic nitrogens is 4. The van der Waals surface area contributed by atoms with Gasteiger partial charge in [-0.3, -0.25) is 4.79 Å². The van der Waals surface area contributed by atoms with Crippen LogP contribution in [0.3, 0.4) is 0 Å². The molecule has 2 N–H and O–H groups in total. The van der Waals surface area contributed by atoms with Gasteiger partial charge in [-0.2, -0.15) is 0 Å². The second-order valence-electron chi connectivity index (χ2n) is 8.23. The second kappa shape index (κ2) is 7.02. The van der Waals surface area contributed by atoms with Gasteiger partial charge in [0.2, 0.25) is 0 Å². The smallest absolute Gasteiger partial charge is 0.258 e. The van der Waals surface area contributed by atoms with Crippen LogP contribution in [0, 0.1) is 0 Å². The van der Waals surface area contributed by atoms with Gasteiger partial charge in [-0.1, -0.05) is 0 Å². The fraction of sp³-hybridized carbons (Fsp3) is 0.429. The zero-order valence-corrected chi connectivity index (χ0v) is 16.8. The lowest BCUT2D eigenvalue weighted by atomic mass is 9.96. The molecule has 5 rings (SSSR count). The van der Waals surface area contributed by atoms with Gasteiger partial charge in [0.1, 0.15) is 11.9 Å². The van der Waals surface area contributed by atoms with E-state index in [1.54, 1.807) is 31.6 Å². The van der Waals surface area contributed by atoms with E-state index in [-0.39, 0.29) is 29.2 Å². The van der Waals surface area contributed by atoms with Gasteiger partial charge < -0.3 is 19.9 Å². The molecule has 2 saturated heterocycles. The summed E-state index contributed by atoms with van der Waals surface area (Å²) in [6.45, 7) is 0. The number of hydrogen-bond donors (Lipinski definition) is 2. The number of phenols is 1. The number of piperidine rings is 1. The SMILES string of the molecule is CN(c1cnc(-c2cc3ccn(C)c(=O)c3cc2O)nn1)[C@H]1C[C@@H]2CC[C@@H](N2)[C@H]1F. The molecule has 2 aliphatic rings. The summed E-state index contributed by atoms with van der Waals surface area (Å²) >= 11 is 0. The Hall–Kier alpha value is -3.07. The minimum absolute atomic E-state index is 0.0903. The first kappa shape index (κ1) is 18.9. The number of pyridine rings is 1. The van der Waals surface area contributed by atoms with Crippen molar-refractivity contribution in [2.24, 2.45) is 7.05 Å². The van der Waals surface area contributed by atoms with Crippen LogP contribution < -0.4 is 15.8 Å². The van der Waals surface area contributed by atoms with E-state index in [9.17, 15) is 14.3 Å². The first-order chi connectivity index (χ1) is 14.4. The quantitative estimate of drug-likeness (QED) is 0.679. The monoisotopic (exact) mass is 410 g/mol. The lowest BCUT2D eigenvalue weighted by molar-refractivity contribution is 0.176. The fourth-order valence-electron chi connectivity index (χ4n) is 4.63. The molecule has 4 heterocycles. The van der Waals surface area contributed by atoms with Gasteiger partial charge >= 0.3 is 0 Å². The Balaban J connectivity index is 1.44. The number of halogens is 1. The number of alkyl halides is 1. The minimum Gasteiger partial charge on any atom is -0.507 e. The van der Waals surface area contributed by atoms with E-state index < -0.39 is 6.17 Å². The van der Waals surface area contributed by atoms with Gasteiger partial charge in [0.05, 0.1) is 23.2 Å². The Morgan fingerprint density at radius 3 is 2.90 bits per heavy atom. The molecule has 156 valence electrons. The van der Waals surface area contributed by atoms with Gasteiger partial charge in [0.15, 0.2) is 11.6 Å². The number of anilines is 1. The molecule has 3 aromatic rings. The summed E-state index contributed by atoms with van der Waals surface area (Å²) in [6, 6.07) is 4.87. The van der Waals surface area contributed by atoms with Crippen molar-refractivity contribution in [2.45, 2.75) is 43.6 Å². The highest BCUT2D eigenvalue weighted by molar-refractivity contribution is 5.88. The summed E-state index contributed by atoms with van der Waals surface area (Å²) in [4.78, 5) is 18.4. The van der Waals surface area contributed by atoms with Gasteiger partial charge in [-0.25, -0.2) is 9.37 Å². The van der Waals surface area contributed by atoms with Crippen LogP contribution in [0.2, 0.25) is 0 Å². The number of phenolic OH excluding ortho intramolecular Hbond substituents is 1. The molecule has 2 aliphatic heterocycles. The molecule has 2 bridgehead atoms. The number of fused-ring (bicyclic) bond motifs is 3. The molecule has 30 heavy (non-hydrogen) atoms. The van der Waals surface area contributed by atoms with Gasteiger partial charge in [-0.05, 0) is 42.8 Å². The third-order valence-electron chi connectivity index (χ3n) is 6.40. The Kier molecular flexibility index (Phi) is 4.43. The molecule has 0 amide bonds. The number of nitrogens with one attached hydrogen (secondary N) is 1. The van der Waals surface area contributed by atoms with E-state index in [1.807, 2.05) is 11.9 Å². The van der Waals surface area contributed by atoms with Crippen LogP contribution in [0.1, 0.15) is 19.3 Å². The topological polar surface area (TPSA) is 96.2 Å². The van der Waals surface area contributed by atoms with Crippen LogP contribution in [0.5, 0.6) is 5.75 Å². The molecule has 2 aromatic heterocycles. The summed E-state index contributed by atoms with van der Waals surface area (Å²) in [7, 11) is 3.47. The normalized spacial score (nSPS) is 25.6. The van der Waals surface area contributed by atoms with Crippen molar-refractivity contribution in [3.8, 4) is 17.1 Å². The molecule has 1 aromatic carbocycles. The van der Waals surface area contributed by atoms with Gasteiger partial charge in [0, 0.05) is 32.4 Å². The fourth-order valence-corrected chi connectivity index (χ4v) is 4.63. The lowest BCUT2D eigenvalue weighted by Gasteiger charge is -2.38. The molecule has 0 spiro atoms. The molecule has 4 atom stereocenters. The maximum Gasteiger partial charge on any atom is 0.258 e. The van der Waals surface area contributed by atoms with Crippen molar-refractivity contribution in [3.63, 3.8) is 0 Å². The molecule has 2 fully saturated rings. The van der Waals surface area contributed by atoms with E-state index in [0.29, 0.717) is 28.2 Å². The molecule has 0 saturated carbocycles. The lowest BCUT2D eigenvalue weighted by Crippen LogP contribution is -2.55. The van der Waals surface area contributed by atoms with Crippen molar-refractivity contribution in [1.82, 2.24) is 25.1 Å². The Labute approximate surface area is 172 Å². The zero-order valence-electron chi connectivity index (χ0n) is 16.8. The summed E-state index contributed by atoms with van der Waals surface area (Å²) in [5, 5.41) is 23.3. The molecule has 9 heteroatoms. The van der Waals surface area contributed by atoms with E-state index >= 15 is 0 Å². The van der Waals surface area contributed by atoms with Crippen molar-refractivity contribution >= 4 is 16.6 Å². The highest BCUT2D eigenvalue weighted by Gasteiger charge is 2.43. The van der Waals surface area contributed by atoms with Gasteiger partial charge in [0.25, 0.3) is 5.56 Å². The Bertz CT molecular complexity index is 1160. The van der Waals surface area contributed by atoms with Crippen molar-refractivity contribution in [2.75, 3.05) is 11.9 Å². The van der Waals surface area contributed by atoms with E-state index in [2.05, 4.69) is 20.5 Å². The maximum atomic E-state index is 14.8. The highest BCUT2D eigenvalue weighted by atomic mass is 19.1. The highest BCUT2D eigenvalue weighted by Crippen LogP contribution is 2.34. The van der Waals surface area contributed by atoms with E-state index in [0.717, 1.165) is 19.3 Å². The third kappa shape index (κ3) is 3.00. The summed E-state index contributed by atoms with van der Waals surface area (Å²) in [6.07, 6.45) is 4.83. The first-order valence-corrected chi connectivity index (χ1v) is 10.1. The number of hydrogen-bond acceptors (Lipinski definition) is 7. The van der Waals surface area contributed by atoms with Crippen LogP contribution in [-0.4, -0.2) is 56.2 Å². The zero-order chi connectivity index (χ0) is 21.0. The van der Waals surface area contributed by atoms with Crippen molar-refractivity contribution in [3.05, 3.63) is 40.9 Å². The summed E-state index contributed by atoms with van der Waals surface area (Å²) in [5.74, 6) is 0.642. The summed E-state index contributed by atoms with van der Waals surface area (Å²) < 4.78 is 16.3. The number of aromatic hydroxyl groups is 1. The second-order valence-corrected chi connectivity index (χ2v) is 8.23. The molecule has 0 radical (unpaired) electrons. The number of rotatable bonds is 3. The largest absolute Gasteiger partial charge is 0.507 e. The molecule has 0 aliphatic carbocycles. The van der Waals surface area contributed by atoms with Crippen LogP contribution >= 0.6 is 0 Å². The average molecular weight is 410 g/mol. The average Bonchev–Trinajstić information content (AvgIpc) is 3.17. The maximum absolute atomic E-state index is 14.8. The molecule has 0 unspecified atom stereocenters. The minimum atomic E-state index is -0.970. The Morgan fingerprint density at radius 2 is 2.13 bits per heavy atom. The van der Waals surface area contributed by atoms with Crippen molar-refractivity contribution in [1.29, 1.82) is 0 Å². The Morgan fingerprint density at radius 1 is 1.30 bits per heavy atom. The van der Waals surface area contributed by atoms with Crippen molar-refractivity contribution < 1.29 is 9.50 Å². The van der Waals surface area contributed by atoms with Crippen LogP contribution in [-0.2, 0) is 7.05 Å². The summed E-state index contributed by atoms with van der Waals surface area (Å²) in [5.41, 5.74) is 0.197. The predicted molar refractivity (Wildman–Crippen MR) is 111 cm³/mol. The number of benzene rings is 1. The molecule has 8 nitrogen and oxygen atoms in total. The third-order valence-corrected chi connectivity index (χ3v) is 6.40. The molecular formula is C21H23FN6O2. The van der Waals surface area contributed by atoms with Gasteiger partial charge in [-0.15, -0.1) is 10.2 Å². The molecular weight excluding hydrogens is 387 g/mol. The number of aryl methyl sites for hydroxylation is 1. The van der Waals surface area contributed by atoms with Crippen LogP contribution in [0.15, 0.2) is 35.4 Å². The van der Waals surface area contributed by atoms with E-state index in [1.165, 1.54) is 10.6 Å². The van der Waals surface area contributed by atoms with Crippen LogP contribution in [0.4, 0.5) is 10.2 Å². The standard InChI is InChI=1S/C21H23FN6O2/c1-27-6-5-11-7-14(17(29)9-13(11)21(27)30)20-23-10-18(25-26-20)28(2)16-8-12-3-4-15(24-12)19(16)22/h5-7,9-10,12,15-16,19,24,29H,3-4,8H2,1-2H3/t12-,15+,16-,19+/m0/s1. The first-order valence-electron chi connectivity index (χ1n) is 10.1. The predicted octanol–water partition coefficient (Wildman–Crippen LogP) is 1.76. The van der Waals surface area contributed by atoms with E-state index in [4.69, 9.17) is 0 Å².